The molecule has 0 radical (unpaired) electrons. The van der Waals surface area contributed by atoms with Gasteiger partial charge in [-0.3, -0.25) is 0 Å². The van der Waals surface area contributed by atoms with Gasteiger partial charge >= 0.3 is 0 Å². The summed E-state index contributed by atoms with van der Waals surface area (Å²) in [7, 11) is 0. The van der Waals surface area contributed by atoms with Gasteiger partial charge in [0, 0.05) is 0 Å². The Morgan fingerprint density at radius 1 is 1.00 bits per heavy atom. The Morgan fingerprint density at radius 2 is 1.67 bits per heavy atom. The predicted octanol–water partition coefficient (Wildman–Crippen LogP) is 4.03. The molecule has 0 aromatic heterocycles. The van der Waals surface area contributed by atoms with Gasteiger partial charge in [0.15, 0.2) is 0 Å². The zero-order valence-corrected chi connectivity index (χ0v) is 8.25. The lowest BCUT2D eigenvalue weighted by Crippen LogP contribution is -1.62. The van der Waals surface area contributed by atoms with E-state index in [1.54, 1.807) is 0 Å². The Morgan fingerprint density at radius 3 is 2.25 bits per heavy atom. The van der Waals surface area contributed by atoms with Crippen LogP contribution in [0, 0.1) is 0 Å². The van der Waals surface area contributed by atoms with E-state index in [2.05, 4.69) is 32.1 Å². The molecular weight excluding hydrogens is 144 g/mol. The highest BCUT2D eigenvalue weighted by Crippen LogP contribution is 1.93. The minimum Gasteiger partial charge on any atom is -0.0877 e. The lowest BCUT2D eigenvalue weighted by atomic mass is 10.2. The third-order valence-electron chi connectivity index (χ3n) is 1.32. The summed E-state index contributed by atoms with van der Waals surface area (Å²) in [6.07, 6.45) is 15.6. The standard InChI is InChI=1S/C12H18/c1-4-5-6-7-8-9-10-11-12(2)3/h4-9,11H,10H2,1-3H3. The molecule has 0 nitrogen and oxygen atoms in total. The molecule has 0 saturated carbocycles. The van der Waals surface area contributed by atoms with Gasteiger partial charge in [-0.25, -0.2) is 0 Å². The van der Waals surface area contributed by atoms with Crippen molar-refractivity contribution in [2.24, 2.45) is 0 Å². The first kappa shape index (κ1) is 11.0. The van der Waals surface area contributed by atoms with Crippen LogP contribution >= 0.6 is 0 Å². The molecule has 0 aliphatic rings. The molecule has 0 aromatic rings. The van der Waals surface area contributed by atoms with Crippen molar-refractivity contribution < 1.29 is 0 Å². The Balaban J connectivity index is 3.57. The van der Waals surface area contributed by atoms with E-state index < -0.39 is 0 Å². The molecule has 0 rings (SSSR count). The fraction of sp³-hybridized carbons (Fsp3) is 0.333. The Bertz CT molecular complexity index is 198. The van der Waals surface area contributed by atoms with Crippen molar-refractivity contribution in [2.75, 3.05) is 0 Å². The molecule has 0 saturated heterocycles. The highest BCUT2D eigenvalue weighted by Gasteiger charge is 1.72. The molecule has 0 atom stereocenters. The molecule has 0 aliphatic heterocycles. The van der Waals surface area contributed by atoms with Gasteiger partial charge in [-0.1, -0.05) is 48.1 Å². The Kier molecular flexibility index (Phi) is 7.36. The molecule has 0 fully saturated rings. The van der Waals surface area contributed by atoms with Crippen molar-refractivity contribution in [1.82, 2.24) is 0 Å². The second kappa shape index (κ2) is 8.06. The third kappa shape index (κ3) is 8.96. The van der Waals surface area contributed by atoms with Crippen LogP contribution in [0.2, 0.25) is 0 Å². The van der Waals surface area contributed by atoms with Gasteiger partial charge in [0.2, 0.25) is 0 Å². The van der Waals surface area contributed by atoms with Crippen molar-refractivity contribution >= 4 is 0 Å². The fourth-order valence-corrected chi connectivity index (χ4v) is 0.700. The summed E-state index contributed by atoms with van der Waals surface area (Å²) < 4.78 is 0. The summed E-state index contributed by atoms with van der Waals surface area (Å²) in [6, 6.07) is 0. The van der Waals surface area contributed by atoms with Crippen LogP contribution in [-0.2, 0) is 0 Å². The summed E-state index contributed by atoms with van der Waals surface area (Å²) >= 11 is 0. The van der Waals surface area contributed by atoms with Crippen LogP contribution in [0.1, 0.15) is 27.2 Å². The largest absolute Gasteiger partial charge is 0.0877 e. The molecule has 12 heavy (non-hydrogen) atoms. The van der Waals surface area contributed by atoms with Crippen LogP contribution in [0.5, 0.6) is 0 Å². The number of hydrogen-bond acceptors (Lipinski definition) is 0. The molecule has 0 unspecified atom stereocenters. The van der Waals surface area contributed by atoms with Crippen molar-refractivity contribution in [3.8, 4) is 0 Å². The average Bonchev–Trinajstić information content (AvgIpc) is 2.02. The van der Waals surface area contributed by atoms with E-state index in [4.69, 9.17) is 0 Å². The molecule has 66 valence electrons. The minimum atomic E-state index is 1.03. The summed E-state index contributed by atoms with van der Waals surface area (Å²) in [6.45, 7) is 6.24. The SMILES string of the molecule is CC=CC=CC=CCC=C(C)C. The van der Waals surface area contributed by atoms with E-state index in [9.17, 15) is 0 Å². The maximum atomic E-state index is 2.21. The molecule has 0 spiro atoms. The summed E-state index contributed by atoms with van der Waals surface area (Å²) in [5.41, 5.74) is 1.37. The van der Waals surface area contributed by atoms with Gasteiger partial charge in [0.05, 0.1) is 0 Å². The van der Waals surface area contributed by atoms with Crippen molar-refractivity contribution in [3.63, 3.8) is 0 Å². The van der Waals surface area contributed by atoms with E-state index in [0.717, 1.165) is 6.42 Å². The quantitative estimate of drug-likeness (QED) is 0.432. The molecule has 0 N–H and O–H groups in total. The summed E-state index contributed by atoms with van der Waals surface area (Å²) in [5, 5.41) is 0. The van der Waals surface area contributed by atoms with Crippen molar-refractivity contribution in [2.45, 2.75) is 27.2 Å². The summed E-state index contributed by atoms with van der Waals surface area (Å²) in [5.74, 6) is 0. The van der Waals surface area contributed by atoms with Gasteiger partial charge in [-0.2, -0.15) is 0 Å². The van der Waals surface area contributed by atoms with Gasteiger partial charge in [0.25, 0.3) is 0 Å². The molecule has 0 aromatic carbocycles. The fourth-order valence-electron chi connectivity index (χ4n) is 0.700. The molecule has 0 heterocycles. The lowest BCUT2D eigenvalue weighted by molar-refractivity contribution is 1.28. The first-order chi connectivity index (χ1) is 5.77. The van der Waals surface area contributed by atoms with Crippen LogP contribution in [0.3, 0.4) is 0 Å². The van der Waals surface area contributed by atoms with Crippen LogP contribution in [0.4, 0.5) is 0 Å². The number of rotatable bonds is 4. The van der Waals surface area contributed by atoms with E-state index in [1.165, 1.54) is 5.57 Å². The van der Waals surface area contributed by atoms with Crippen LogP contribution in [0.15, 0.2) is 48.1 Å². The lowest BCUT2D eigenvalue weighted by Gasteiger charge is -1.84. The normalized spacial score (nSPS) is 11.9. The van der Waals surface area contributed by atoms with Gasteiger partial charge in [0.1, 0.15) is 0 Å². The van der Waals surface area contributed by atoms with Crippen LogP contribution in [-0.4, -0.2) is 0 Å². The zero-order chi connectivity index (χ0) is 9.23. The maximum Gasteiger partial charge on any atom is -0.0164 e. The molecule has 0 aliphatic carbocycles. The number of hydrogen-bond donors (Lipinski definition) is 0. The maximum absolute atomic E-state index is 2.21. The third-order valence-corrected chi connectivity index (χ3v) is 1.32. The highest BCUT2D eigenvalue weighted by atomic mass is 13.8. The molecule has 0 heteroatoms. The first-order valence-electron chi connectivity index (χ1n) is 4.35. The Hall–Kier alpha value is -1.04. The first-order valence-corrected chi connectivity index (χ1v) is 4.35. The number of allylic oxidation sites excluding steroid dienone is 8. The zero-order valence-electron chi connectivity index (χ0n) is 8.25. The predicted molar refractivity (Wildman–Crippen MR) is 57.1 cm³/mol. The average molecular weight is 162 g/mol. The van der Waals surface area contributed by atoms with Crippen LogP contribution in [0.25, 0.3) is 0 Å². The summed E-state index contributed by atoms with van der Waals surface area (Å²) in [4.78, 5) is 0. The van der Waals surface area contributed by atoms with E-state index in [1.807, 2.05) is 31.2 Å². The van der Waals surface area contributed by atoms with E-state index in [0.29, 0.717) is 0 Å². The second-order valence-corrected chi connectivity index (χ2v) is 2.86. The highest BCUT2D eigenvalue weighted by molar-refractivity contribution is 5.11. The van der Waals surface area contributed by atoms with Gasteiger partial charge in [-0.05, 0) is 27.2 Å². The molecular formula is C12H18. The monoisotopic (exact) mass is 162 g/mol. The second-order valence-electron chi connectivity index (χ2n) is 2.86. The van der Waals surface area contributed by atoms with Gasteiger partial charge in [-0.15, -0.1) is 0 Å². The Labute approximate surface area is 76.0 Å². The van der Waals surface area contributed by atoms with E-state index in [-0.39, 0.29) is 0 Å². The smallest absolute Gasteiger partial charge is 0.0164 e. The van der Waals surface area contributed by atoms with Crippen molar-refractivity contribution in [1.29, 1.82) is 0 Å². The topological polar surface area (TPSA) is 0 Å². The molecule has 0 bridgehead atoms. The van der Waals surface area contributed by atoms with E-state index >= 15 is 0 Å². The minimum absolute atomic E-state index is 1.03. The van der Waals surface area contributed by atoms with Gasteiger partial charge < -0.3 is 0 Å². The van der Waals surface area contributed by atoms with Crippen molar-refractivity contribution in [3.05, 3.63) is 48.1 Å². The van der Waals surface area contributed by atoms with Crippen LogP contribution < -0.4 is 0 Å². The molecule has 0 amide bonds.